The van der Waals surface area contributed by atoms with Gasteiger partial charge in [-0.3, -0.25) is 9.59 Å². The van der Waals surface area contributed by atoms with Crippen LogP contribution in [0.5, 0.6) is 5.75 Å². The molecule has 0 saturated heterocycles. The zero-order valence-electron chi connectivity index (χ0n) is 19.1. The Kier molecular flexibility index (Phi) is 10.1. The summed E-state index contributed by atoms with van der Waals surface area (Å²) in [5, 5.41) is 3.82. The Morgan fingerprint density at radius 3 is 2.42 bits per heavy atom. The summed E-state index contributed by atoms with van der Waals surface area (Å²) in [6.07, 6.45) is 6.43. The SMILES string of the molecule is C[C@@H](C(=O)NC1CCCCC1)N(Cc1ccc(Br)cc1)C(=O)CCCOc1ccc(Cl)cc1. The van der Waals surface area contributed by atoms with Crippen LogP contribution in [0.1, 0.15) is 57.4 Å². The maximum absolute atomic E-state index is 13.2. The molecule has 1 aliphatic rings. The summed E-state index contributed by atoms with van der Waals surface area (Å²) in [6, 6.07) is 14.7. The summed E-state index contributed by atoms with van der Waals surface area (Å²) in [6.45, 7) is 2.63. The molecule has 1 fully saturated rings. The minimum atomic E-state index is -0.541. The average Bonchev–Trinajstić information content (AvgIpc) is 2.82. The van der Waals surface area contributed by atoms with Crippen LogP contribution in [0.3, 0.4) is 0 Å². The summed E-state index contributed by atoms with van der Waals surface area (Å²) in [4.78, 5) is 27.9. The molecule has 33 heavy (non-hydrogen) atoms. The number of hydrogen-bond acceptors (Lipinski definition) is 3. The van der Waals surface area contributed by atoms with E-state index in [1.807, 2.05) is 43.3 Å². The molecule has 1 N–H and O–H groups in total. The van der Waals surface area contributed by atoms with Crippen LogP contribution in [0.4, 0.5) is 0 Å². The van der Waals surface area contributed by atoms with Crippen molar-refractivity contribution in [2.45, 2.75) is 70.5 Å². The van der Waals surface area contributed by atoms with Gasteiger partial charge in [0, 0.05) is 28.5 Å². The fourth-order valence-corrected chi connectivity index (χ4v) is 4.42. The van der Waals surface area contributed by atoms with E-state index in [0.29, 0.717) is 31.0 Å². The van der Waals surface area contributed by atoms with Crippen molar-refractivity contribution in [3.63, 3.8) is 0 Å². The highest BCUT2D eigenvalue weighted by molar-refractivity contribution is 9.10. The van der Waals surface area contributed by atoms with Crippen molar-refractivity contribution in [2.24, 2.45) is 0 Å². The summed E-state index contributed by atoms with van der Waals surface area (Å²) in [7, 11) is 0. The fourth-order valence-electron chi connectivity index (χ4n) is 4.03. The van der Waals surface area contributed by atoms with Crippen LogP contribution in [-0.4, -0.2) is 35.4 Å². The molecule has 0 aliphatic heterocycles. The van der Waals surface area contributed by atoms with E-state index in [4.69, 9.17) is 16.3 Å². The van der Waals surface area contributed by atoms with Gasteiger partial charge in [-0.2, -0.15) is 0 Å². The lowest BCUT2D eigenvalue weighted by Gasteiger charge is -2.31. The lowest BCUT2D eigenvalue weighted by molar-refractivity contribution is -0.141. The minimum Gasteiger partial charge on any atom is -0.494 e. The first kappa shape index (κ1) is 25.6. The van der Waals surface area contributed by atoms with Gasteiger partial charge in [0.1, 0.15) is 11.8 Å². The highest BCUT2D eigenvalue weighted by Gasteiger charge is 2.27. The Hall–Kier alpha value is -2.05. The van der Waals surface area contributed by atoms with Gasteiger partial charge >= 0.3 is 0 Å². The molecule has 0 spiro atoms. The molecular formula is C26H32BrClN2O3. The number of ether oxygens (including phenoxy) is 1. The maximum Gasteiger partial charge on any atom is 0.242 e. The molecule has 5 nitrogen and oxygen atoms in total. The van der Waals surface area contributed by atoms with Gasteiger partial charge < -0.3 is 15.0 Å². The molecule has 1 aliphatic carbocycles. The van der Waals surface area contributed by atoms with E-state index in [0.717, 1.165) is 41.5 Å². The number of nitrogens with zero attached hydrogens (tertiary/aromatic N) is 1. The smallest absolute Gasteiger partial charge is 0.242 e. The molecule has 2 aromatic carbocycles. The van der Waals surface area contributed by atoms with Gasteiger partial charge in [-0.15, -0.1) is 0 Å². The third-order valence-electron chi connectivity index (χ3n) is 6.00. The van der Waals surface area contributed by atoms with Gasteiger partial charge in [0.15, 0.2) is 0 Å². The average molecular weight is 536 g/mol. The zero-order chi connectivity index (χ0) is 23.6. The maximum atomic E-state index is 13.2. The van der Waals surface area contributed by atoms with Crippen molar-refractivity contribution < 1.29 is 14.3 Å². The topological polar surface area (TPSA) is 58.6 Å². The second-order valence-electron chi connectivity index (χ2n) is 8.57. The largest absolute Gasteiger partial charge is 0.494 e. The number of rotatable bonds is 10. The van der Waals surface area contributed by atoms with Crippen LogP contribution in [0.25, 0.3) is 0 Å². The van der Waals surface area contributed by atoms with Crippen LogP contribution in [0.15, 0.2) is 53.0 Å². The zero-order valence-corrected chi connectivity index (χ0v) is 21.4. The molecule has 0 bridgehead atoms. The van der Waals surface area contributed by atoms with Crippen molar-refractivity contribution in [3.8, 4) is 5.75 Å². The summed E-state index contributed by atoms with van der Waals surface area (Å²) in [5.41, 5.74) is 0.987. The van der Waals surface area contributed by atoms with Crippen LogP contribution in [-0.2, 0) is 16.1 Å². The number of carbonyl (C=O) groups is 2. The number of hydrogen-bond donors (Lipinski definition) is 1. The number of benzene rings is 2. The van der Waals surface area contributed by atoms with Crippen molar-refractivity contribution in [1.82, 2.24) is 10.2 Å². The second-order valence-corrected chi connectivity index (χ2v) is 9.93. The van der Waals surface area contributed by atoms with E-state index in [1.54, 1.807) is 17.0 Å². The van der Waals surface area contributed by atoms with Crippen molar-refractivity contribution in [2.75, 3.05) is 6.61 Å². The molecule has 0 unspecified atom stereocenters. The van der Waals surface area contributed by atoms with Gasteiger partial charge in [0.25, 0.3) is 0 Å². The lowest BCUT2D eigenvalue weighted by Crippen LogP contribution is -2.50. The van der Waals surface area contributed by atoms with E-state index in [1.165, 1.54) is 6.42 Å². The predicted octanol–water partition coefficient (Wildman–Crippen LogP) is 6.13. The normalized spacial score (nSPS) is 15.0. The lowest BCUT2D eigenvalue weighted by atomic mass is 9.95. The number of amides is 2. The molecule has 0 aromatic heterocycles. The summed E-state index contributed by atoms with van der Waals surface area (Å²) >= 11 is 9.35. The highest BCUT2D eigenvalue weighted by Crippen LogP contribution is 2.20. The number of carbonyl (C=O) groups excluding carboxylic acids is 2. The molecule has 7 heteroatoms. The Morgan fingerprint density at radius 2 is 1.76 bits per heavy atom. The van der Waals surface area contributed by atoms with E-state index < -0.39 is 6.04 Å². The third-order valence-corrected chi connectivity index (χ3v) is 6.78. The molecule has 2 aromatic rings. The quantitative estimate of drug-likeness (QED) is 0.373. The second kappa shape index (κ2) is 13.0. The van der Waals surface area contributed by atoms with Crippen LogP contribution >= 0.6 is 27.5 Å². The van der Waals surface area contributed by atoms with Crippen molar-refractivity contribution >= 4 is 39.3 Å². The first-order chi connectivity index (χ1) is 15.9. The van der Waals surface area contributed by atoms with Gasteiger partial charge in [-0.05, 0) is 68.1 Å². The molecule has 1 atom stereocenters. The molecule has 178 valence electrons. The molecule has 2 amide bonds. The van der Waals surface area contributed by atoms with E-state index in [9.17, 15) is 9.59 Å². The highest BCUT2D eigenvalue weighted by atomic mass is 79.9. The number of halogens is 2. The molecule has 1 saturated carbocycles. The van der Waals surface area contributed by atoms with Gasteiger partial charge in [0.2, 0.25) is 11.8 Å². The van der Waals surface area contributed by atoms with E-state index in [2.05, 4.69) is 21.2 Å². The first-order valence-corrected chi connectivity index (χ1v) is 12.8. The summed E-state index contributed by atoms with van der Waals surface area (Å²) < 4.78 is 6.70. The Bertz CT molecular complexity index is 899. The van der Waals surface area contributed by atoms with Crippen LogP contribution < -0.4 is 10.1 Å². The van der Waals surface area contributed by atoms with Gasteiger partial charge in [0.05, 0.1) is 6.61 Å². The Labute approximate surface area is 210 Å². The summed E-state index contributed by atoms with van der Waals surface area (Å²) in [5.74, 6) is 0.590. The minimum absolute atomic E-state index is 0.0519. The van der Waals surface area contributed by atoms with Gasteiger partial charge in [-0.25, -0.2) is 0 Å². The third kappa shape index (κ3) is 8.35. The molecule has 3 rings (SSSR count). The first-order valence-electron chi connectivity index (χ1n) is 11.6. The fraction of sp³-hybridized carbons (Fsp3) is 0.462. The molecule has 0 radical (unpaired) electrons. The van der Waals surface area contributed by atoms with Crippen LogP contribution in [0.2, 0.25) is 5.02 Å². The Balaban J connectivity index is 1.59. The number of nitrogens with one attached hydrogen (secondary N) is 1. The van der Waals surface area contributed by atoms with E-state index >= 15 is 0 Å². The monoisotopic (exact) mass is 534 g/mol. The van der Waals surface area contributed by atoms with Crippen molar-refractivity contribution in [1.29, 1.82) is 0 Å². The van der Waals surface area contributed by atoms with E-state index in [-0.39, 0.29) is 17.9 Å². The molecular weight excluding hydrogens is 504 g/mol. The van der Waals surface area contributed by atoms with Crippen LogP contribution in [0, 0.1) is 0 Å². The van der Waals surface area contributed by atoms with Crippen molar-refractivity contribution in [3.05, 3.63) is 63.6 Å². The van der Waals surface area contributed by atoms with Gasteiger partial charge in [-0.1, -0.05) is 58.9 Å². The predicted molar refractivity (Wildman–Crippen MR) is 135 cm³/mol. The molecule has 0 heterocycles. The Morgan fingerprint density at radius 1 is 1.09 bits per heavy atom. The standard InChI is InChI=1S/C26H32BrClN2O3/c1-19(26(32)29-23-6-3-2-4-7-23)30(18-20-9-11-21(27)12-10-20)25(31)8-5-17-33-24-15-13-22(28)14-16-24/h9-16,19,23H,2-8,17-18H2,1H3,(H,29,32)/t19-/m0/s1.